The van der Waals surface area contributed by atoms with Crippen LogP contribution in [0, 0.1) is 23.7 Å². The Morgan fingerprint density at radius 3 is 2.46 bits per heavy atom. The van der Waals surface area contributed by atoms with E-state index in [0.717, 1.165) is 11.1 Å². The predicted molar refractivity (Wildman–Crippen MR) is 107 cm³/mol. The number of benzene rings is 2. The first kappa shape index (κ1) is 19.1. The molecule has 0 aliphatic carbocycles. The zero-order valence-electron chi connectivity index (χ0n) is 15.9. The Hall–Kier alpha value is -3.72. The molecular formula is C22H21N3O3. The number of nitrogens with one attached hydrogen (secondary N) is 1. The van der Waals surface area contributed by atoms with E-state index < -0.39 is 5.92 Å². The minimum absolute atomic E-state index is 0.0544. The van der Waals surface area contributed by atoms with Gasteiger partial charge in [0.25, 0.3) is 0 Å². The quantitative estimate of drug-likeness (QED) is 0.751. The monoisotopic (exact) mass is 375 g/mol. The van der Waals surface area contributed by atoms with Crippen molar-refractivity contribution in [3.05, 3.63) is 76.1 Å². The van der Waals surface area contributed by atoms with Crippen molar-refractivity contribution in [1.82, 2.24) is 0 Å². The molecule has 0 saturated heterocycles. The van der Waals surface area contributed by atoms with Crippen LogP contribution in [0.15, 0.2) is 59.4 Å². The van der Waals surface area contributed by atoms with Gasteiger partial charge in [-0.15, -0.1) is 0 Å². The van der Waals surface area contributed by atoms with Crippen molar-refractivity contribution in [2.24, 2.45) is 5.73 Å². The maximum absolute atomic E-state index is 10.2. The van der Waals surface area contributed by atoms with Gasteiger partial charge >= 0.3 is 0 Å². The van der Waals surface area contributed by atoms with E-state index >= 15 is 0 Å². The van der Waals surface area contributed by atoms with Crippen LogP contribution in [-0.4, -0.2) is 18.1 Å². The molecule has 0 spiro atoms. The lowest BCUT2D eigenvalue weighted by Gasteiger charge is -2.29. The lowest BCUT2D eigenvalue weighted by molar-refractivity contribution is 0.372. The summed E-state index contributed by atoms with van der Waals surface area (Å²) >= 11 is 0. The zero-order valence-corrected chi connectivity index (χ0v) is 15.9. The number of hydrogen-bond acceptors (Lipinski definition) is 6. The third-order valence-electron chi connectivity index (χ3n) is 4.77. The molecule has 1 aliphatic heterocycles. The van der Waals surface area contributed by atoms with E-state index in [1.165, 1.54) is 13.2 Å². The number of phenols is 1. The number of aromatic hydroxyl groups is 1. The van der Waals surface area contributed by atoms with Crippen molar-refractivity contribution in [2.75, 3.05) is 7.11 Å². The number of allylic oxidation sites excluding steroid dienone is 2. The molecule has 6 heteroatoms. The van der Waals surface area contributed by atoms with Crippen molar-refractivity contribution < 1.29 is 14.6 Å². The Labute approximate surface area is 163 Å². The number of hydrogen-bond donors (Lipinski definition) is 3. The lowest BCUT2D eigenvalue weighted by Crippen LogP contribution is -2.25. The maximum Gasteiger partial charge on any atom is 0.217 e. The Morgan fingerprint density at radius 1 is 1.21 bits per heavy atom. The fourth-order valence-corrected chi connectivity index (χ4v) is 3.27. The first-order valence-electron chi connectivity index (χ1n) is 8.68. The minimum Gasteiger partial charge on any atom is -0.504 e. The molecule has 0 amide bonds. The van der Waals surface area contributed by atoms with Gasteiger partial charge in [-0.05, 0) is 37.1 Å². The van der Waals surface area contributed by atoms with Crippen molar-refractivity contribution >= 4 is 11.6 Å². The molecule has 1 atom stereocenters. The number of nitrogens with zero attached hydrogens (tertiary/aromatic N) is 1. The number of rotatable bonds is 3. The summed E-state index contributed by atoms with van der Waals surface area (Å²) in [6.07, 6.45) is 0. The summed E-state index contributed by atoms with van der Waals surface area (Å²) in [5, 5.41) is 28.4. The van der Waals surface area contributed by atoms with E-state index in [1.54, 1.807) is 19.1 Å². The van der Waals surface area contributed by atoms with Crippen LogP contribution >= 0.6 is 0 Å². The summed E-state index contributed by atoms with van der Waals surface area (Å²) in [5.74, 6) is -0.143. The van der Waals surface area contributed by atoms with Crippen LogP contribution in [0.4, 0.5) is 0 Å². The summed E-state index contributed by atoms with van der Waals surface area (Å²) in [7, 11) is 1.46. The minimum atomic E-state index is -0.635. The molecule has 1 unspecified atom stereocenters. The summed E-state index contributed by atoms with van der Waals surface area (Å²) in [4.78, 5) is 0. The highest BCUT2D eigenvalue weighted by Gasteiger charge is 2.35. The largest absolute Gasteiger partial charge is 0.504 e. The van der Waals surface area contributed by atoms with Gasteiger partial charge in [-0.2, -0.15) is 5.26 Å². The molecule has 28 heavy (non-hydrogen) atoms. The number of phenolic OH excluding ortho intramolecular Hbond substituents is 1. The standard InChI is InChI=1S/C22H21N3O3/c1-12-4-6-14(7-5-12)21(24)20-19(16(11-23)13(2)28-22(20)25)15-8-9-18(27-3)17(26)10-15/h4-10,19,25-26H,24H2,1-3H3. The lowest BCUT2D eigenvalue weighted by atomic mass is 9.80. The topological polar surface area (TPSA) is 112 Å². The number of nitriles is 1. The van der Waals surface area contributed by atoms with Gasteiger partial charge in [-0.25, -0.2) is 0 Å². The number of methoxy groups -OCH3 is 1. The van der Waals surface area contributed by atoms with E-state index in [-0.39, 0.29) is 11.6 Å². The van der Waals surface area contributed by atoms with Gasteiger partial charge in [0, 0.05) is 5.70 Å². The molecule has 0 saturated carbocycles. The third-order valence-corrected chi connectivity index (χ3v) is 4.77. The van der Waals surface area contributed by atoms with Gasteiger partial charge in [-0.1, -0.05) is 35.9 Å². The Kier molecular flexibility index (Phi) is 5.10. The molecule has 2 aromatic rings. The van der Waals surface area contributed by atoms with Crippen LogP contribution in [-0.2, 0) is 4.74 Å². The van der Waals surface area contributed by atoms with Crippen molar-refractivity contribution in [1.29, 1.82) is 10.7 Å². The van der Waals surface area contributed by atoms with Gasteiger partial charge in [0.2, 0.25) is 5.90 Å². The van der Waals surface area contributed by atoms with Crippen molar-refractivity contribution in [3.63, 3.8) is 0 Å². The number of nitrogens with two attached hydrogens (primary N) is 1. The second kappa shape index (κ2) is 7.49. The van der Waals surface area contributed by atoms with E-state index in [4.69, 9.17) is 20.6 Å². The predicted octanol–water partition coefficient (Wildman–Crippen LogP) is 3.97. The second-order valence-corrected chi connectivity index (χ2v) is 6.57. The van der Waals surface area contributed by atoms with Crippen LogP contribution < -0.4 is 10.5 Å². The molecule has 0 radical (unpaired) electrons. The van der Waals surface area contributed by atoms with Gasteiger partial charge in [0.1, 0.15) is 5.76 Å². The highest BCUT2D eigenvalue weighted by Crippen LogP contribution is 2.42. The fraction of sp³-hybridized carbons (Fsp3) is 0.182. The zero-order chi connectivity index (χ0) is 20.4. The van der Waals surface area contributed by atoms with Gasteiger partial charge in [0.15, 0.2) is 11.5 Å². The molecular weight excluding hydrogens is 354 g/mol. The van der Waals surface area contributed by atoms with E-state index in [0.29, 0.717) is 33.9 Å². The van der Waals surface area contributed by atoms with Crippen LogP contribution in [0.3, 0.4) is 0 Å². The van der Waals surface area contributed by atoms with Crippen molar-refractivity contribution in [2.45, 2.75) is 19.8 Å². The molecule has 0 bridgehead atoms. The van der Waals surface area contributed by atoms with Crippen molar-refractivity contribution in [3.8, 4) is 17.6 Å². The normalized spacial score (nSPS) is 18.4. The molecule has 142 valence electrons. The molecule has 1 aliphatic rings. The van der Waals surface area contributed by atoms with Crippen LogP contribution in [0.25, 0.3) is 5.70 Å². The molecule has 4 N–H and O–H groups in total. The Morgan fingerprint density at radius 2 is 1.89 bits per heavy atom. The Bertz CT molecular complexity index is 1040. The fourth-order valence-electron chi connectivity index (χ4n) is 3.27. The van der Waals surface area contributed by atoms with E-state index in [9.17, 15) is 10.4 Å². The van der Waals surface area contributed by atoms with E-state index in [2.05, 4.69) is 6.07 Å². The molecule has 1 heterocycles. The number of aryl methyl sites for hydroxylation is 1. The molecule has 2 aromatic carbocycles. The number of ether oxygens (including phenoxy) is 2. The summed E-state index contributed by atoms with van der Waals surface area (Å²) in [5.41, 5.74) is 9.94. The van der Waals surface area contributed by atoms with E-state index in [1.807, 2.05) is 31.2 Å². The first-order chi connectivity index (χ1) is 13.4. The average Bonchev–Trinajstić information content (AvgIpc) is 2.67. The van der Waals surface area contributed by atoms with Gasteiger partial charge in [-0.3, -0.25) is 5.41 Å². The molecule has 6 nitrogen and oxygen atoms in total. The first-order valence-corrected chi connectivity index (χ1v) is 8.68. The molecule has 3 rings (SSSR count). The van der Waals surface area contributed by atoms with Gasteiger partial charge < -0.3 is 20.3 Å². The molecule has 0 aromatic heterocycles. The molecule has 0 fully saturated rings. The van der Waals surface area contributed by atoms with Crippen LogP contribution in [0.5, 0.6) is 11.5 Å². The summed E-state index contributed by atoms with van der Waals surface area (Å²) in [6.45, 7) is 3.62. The summed E-state index contributed by atoms with van der Waals surface area (Å²) in [6, 6.07) is 14.6. The van der Waals surface area contributed by atoms with Gasteiger partial charge in [0.05, 0.1) is 30.2 Å². The smallest absolute Gasteiger partial charge is 0.217 e. The maximum atomic E-state index is 10.2. The van der Waals surface area contributed by atoms with Crippen LogP contribution in [0.2, 0.25) is 0 Å². The summed E-state index contributed by atoms with van der Waals surface area (Å²) < 4.78 is 10.6. The van der Waals surface area contributed by atoms with Crippen LogP contribution in [0.1, 0.15) is 29.5 Å². The SMILES string of the molecule is COc1ccc(C2C(C#N)=C(C)OC(=N)C2=C(N)c2ccc(C)cc2)cc1O. The Balaban J connectivity index is 2.26. The highest BCUT2D eigenvalue weighted by molar-refractivity contribution is 6.03. The average molecular weight is 375 g/mol. The third kappa shape index (κ3) is 3.30. The second-order valence-electron chi connectivity index (χ2n) is 6.57. The highest BCUT2D eigenvalue weighted by atomic mass is 16.5.